The van der Waals surface area contributed by atoms with Crippen LogP contribution in [0.25, 0.3) is 0 Å². The predicted octanol–water partition coefficient (Wildman–Crippen LogP) is 1.77. The van der Waals surface area contributed by atoms with Gasteiger partial charge in [-0.2, -0.15) is 0 Å². The first-order valence-corrected chi connectivity index (χ1v) is 3.42. The highest BCUT2D eigenvalue weighted by Crippen LogP contribution is 2.17. The van der Waals surface area contributed by atoms with Crippen molar-refractivity contribution < 1.29 is 9.60 Å². The van der Waals surface area contributed by atoms with E-state index >= 15 is 0 Å². The molecule has 0 saturated carbocycles. The molecule has 2 N–H and O–H groups in total. The van der Waals surface area contributed by atoms with Gasteiger partial charge in [0.2, 0.25) is 0 Å². The summed E-state index contributed by atoms with van der Waals surface area (Å²) >= 11 is 0. The first-order chi connectivity index (χ1) is 5.74. The van der Waals surface area contributed by atoms with Crippen LogP contribution in [0.5, 0.6) is 0 Å². The summed E-state index contributed by atoms with van der Waals surface area (Å²) in [6.07, 6.45) is 1.01. The van der Waals surface area contributed by atoms with Crippen LogP contribution in [0.4, 0.5) is 10.1 Å². The van der Waals surface area contributed by atoms with Gasteiger partial charge in [0.05, 0.1) is 0 Å². The quantitative estimate of drug-likeness (QED) is 0.401. The van der Waals surface area contributed by atoms with E-state index in [4.69, 9.17) is 5.21 Å². The Morgan fingerprint density at radius 1 is 1.58 bits per heavy atom. The summed E-state index contributed by atoms with van der Waals surface area (Å²) in [4.78, 5) is 3.62. The second-order valence-corrected chi connectivity index (χ2v) is 2.34. The number of halogens is 1. The molecule has 12 heavy (non-hydrogen) atoms. The van der Waals surface area contributed by atoms with Gasteiger partial charge in [0.15, 0.2) is 0 Å². The Balaban J connectivity index is 2.97. The highest BCUT2D eigenvalue weighted by atomic mass is 19.1. The Morgan fingerprint density at radius 3 is 3.00 bits per heavy atom. The maximum atomic E-state index is 12.9. The van der Waals surface area contributed by atoms with Gasteiger partial charge in [0.1, 0.15) is 17.8 Å². The highest BCUT2D eigenvalue weighted by Gasteiger charge is 1.98. The SMILES string of the molecule is Cc1ccc(F)c(N=CNO)c1. The summed E-state index contributed by atoms with van der Waals surface area (Å²) in [5.74, 6) is -0.410. The summed E-state index contributed by atoms with van der Waals surface area (Å²) in [6, 6.07) is 4.57. The molecule has 0 heterocycles. The van der Waals surface area contributed by atoms with Crippen molar-refractivity contribution in [3.8, 4) is 0 Å². The van der Waals surface area contributed by atoms with Crippen LogP contribution in [0.1, 0.15) is 5.56 Å². The van der Waals surface area contributed by atoms with E-state index in [2.05, 4.69) is 4.99 Å². The number of nitrogens with one attached hydrogen (secondary N) is 1. The molecule has 0 bridgehead atoms. The molecule has 0 atom stereocenters. The van der Waals surface area contributed by atoms with Gasteiger partial charge in [-0.25, -0.2) is 9.38 Å². The van der Waals surface area contributed by atoms with Crippen molar-refractivity contribution >= 4 is 12.0 Å². The second kappa shape index (κ2) is 3.82. The molecule has 0 radical (unpaired) electrons. The number of rotatable bonds is 2. The first kappa shape index (κ1) is 8.67. The Bertz CT molecular complexity index is 299. The van der Waals surface area contributed by atoms with Crippen LogP contribution < -0.4 is 5.48 Å². The molecule has 0 amide bonds. The molecule has 0 unspecified atom stereocenters. The standard InChI is InChI=1S/C8H9FN2O/c1-6-2-3-7(9)8(4-6)10-5-11-12/h2-5,12H,1H3,(H,10,11). The number of hydrogen-bond donors (Lipinski definition) is 2. The molecule has 0 aromatic heterocycles. The Labute approximate surface area is 69.5 Å². The fourth-order valence-electron chi connectivity index (χ4n) is 0.820. The Hall–Kier alpha value is -1.42. The van der Waals surface area contributed by atoms with Gasteiger partial charge in [-0.05, 0) is 24.6 Å². The van der Waals surface area contributed by atoms with Crippen molar-refractivity contribution in [1.82, 2.24) is 5.48 Å². The van der Waals surface area contributed by atoms with Crippen LogP contribution in [0.15, 0.2) is 23.2 Å². The summed E-state index contributed by atoms with van der Waals surface area (Å²) in [5.41, 5.74) is 2.83. The van der Waals surface area contributed by atoms with Gasteiger partial charge in [0.25, 0.3) is 0 Å². The van der Waals surface area contributed by atoms with Crippen molar-refractivity contribution in [3.63, 3.8) is 0 Å². The molecule has 0 aliphatic heterocycles. The predicted molar refractivity (Wildman–Crippen MR) is 44.2 cm³/mol. The van der Waals surface area contributed by atoms with E-state index < -0.39 is 5.82 Å². The lowest BCUT2D eigenvalue weighted by Gasteiger charge is -1.97. The number of aliphatic imine (C=N–C) groups is 1. The van der Waals surface area contributed by atoms with E-state index in [9.17, 15) is 4.39 Å². The maximum Gasteiger partial charge on any atom is 0.148 e. The number of hydroxylamine groups is 1. The molecule has 1 aromatic rings. The minimum atomic E-state index is -0.410. The summed E-state index contributed by atoms with van der Waals surface area (Å²) < 4.78 is 12.9. The number of hydrogen-bond acceptors (Lipinski definition) is 2. The van der Waals surface area contributed by atoms with Gasteiger partial charge in [-0.1, -0.05) is 6.07 Å². The van der Waals surface area contributed by atoms with E-state index in [0.29, 0.717) is 0 Å². The lowest BCUT2D eigenvalue weighted by atomic mass is 10.2. The zero-order valence-electron chi connectivity index (χ0n) is 6.58. The van der Waals surface area contributed by atoms with Gasteiger partial charge < -0.3 is 0 Å². The minimum Gasteiger partial charge on any atom is -0.290 e. The van der Waals surface area contributed by atoms with Crippen LogP contribution in [-0.2, 0) is 0 Å². The van der Waals surface area contributed by atoms with Crippen molar-refractivity contribution in [1.29, 1.82) is 0 Å². The van der Waals surface area contributed by atoms with E-state index in [1.807, 2.05) is 6.92 Å². The van der Waals surface area contributed by atoms with Crippen LogP contribution >= 0.6 is 0 Å². The Morgan fingerprint density at radius 2 is 2.33 bits per heavy atom. The lowest BCUT2D eigenvalue weighted by Crippen LogP contribution is -2.01. The lowest BCUT2D eigenvalue weighted by molar-refractivity contribution is 0.240. The summed E-state index contributed by atoms with van der Waals surface area (Å²) in [5, 5.41) is 8.17. The fourth-order valence-corrected chi connectivity index (χ4v) is 0.820. The highest BCUT2D eigenvalue weighted by molar-refractivity contribution is 5.60. The molecular formula is C8H9FN2O. The average Bonchev–Trinajstić information content (AvgIpc) is 2.07. The molecule has 0 saturated heterocycles. The van der Waals surface area contributed by atoms with Crippen molar-refractivity contribution in [3.05, 3.63) is 29.6 Å². The molecule has 0 spiro atoms. The van der Waals surface area contributed by atoms with E-state index in [-0.39, 0.29) is 5.69 Å². The molecule has 0 aliphatic rings. The van der Waals surface area contributed by atoms with E-state index in [0.717, 1.165) is 11.9 Å². The fraction of sp³-hybridized carbons (Fsp3) is 0.125. The zero-order valence-corrected chi connectivity index (χ0v) is 6.58. The molecule has 3 nitrogen and oxygen atoms in total. The van der Waals surface area contributed by atoms with Crippen molar-refractivity contribution in [2.75, 3.05) is 0 Å². The molecule has 64 valence electrons. The van der Waals surface area contributed by atoms with Gasteiger partial charge >= 0.3 is 0 Å². The molecule has 4 heteroatoms. The molecule has 0 aliphatic carbocycles. The first-order valence-electron chi connectivity index (χ1n) is 3.42. The largest absolute Gasteiger partial charge is 0.290 e. The topological polar surface area (TPSA) is 44.6 Å². The van der Waals surface area contributed by atoms with Crippen molar-refractivity contribution in [2.45, 2.75) is 6.92 Å². The normalized spacial score (nSPS) is 10.6. The smallest absolute Gasteiger partial charge is 0.148 e. The van der Waals surface area contributed by atoms with Crippen LogP contribution in [-0.4, -0.2) is 11.5 Å². The third-order valence-corrected chi connectivity index (χ3v) is 1.36. The van der Waals surface area contributed by atoms with Crippen molar-refractivity contribution in [2.24, 2.45) is 4.99 Å². The van der Waals surface area contributed by atoms with Crippen LogP contribution in [0.3, 0.4) is 0 Å². The van der Waals surface area contributed by atoms with Gasteiger partial charge in [-0.3, -0.25) is 10.7 Å². The second-order valence-electron chi connectivity index (χ2n) is 2.34. The molecule has 1 aromatic carbocycles. The number of benzene rings is 1. The van der Waals surface area contributed by atoms with Crippen LogP contribution in [0.2, 0.25) is 0 Å². The molecular weight excluding hydrogens is 159 g/mol. The van der Waals surface area contributed by atoms with E-state index in [1.165, 1.54) is 6.07 Å². The molecule has 1 rings (SSSR count). The van der Waals surface area contributed by atoms with E-state index in [1.54, 1.807) is 17.6 Å². The monoisotopic (exact) mass is 168 g/mol. The minimum absolute atomic E-state index is 0.205. The van der Waals surface area contributed by atoms with Gasteiger partial charge in [0, 0.05) is 0 Å². The number of aryl methyl sites for hydroxylation is 1. The number of nitrogens with zero attached hydrogens (tertiary/aromatic N) is 1. The molecule has 0 fully saturated rings. The summed E-state index contributed by atoms with van der Waals surface area (Å²) in [6.45, 7) is 1.84. The summed E-state index contributed by atoms with van der Waals surface area (Å²) in [7, 11) is 0. The van der Waals surface area contributed by atoms with Gasteiger partial charge in [-0.15, -0.1) is 0 Å². The maximum absolute atomic E-state index is 12.9. The third-order valence-electron chi connectivity index (χ3n) is 1.36. The van der Waals surface area contributed by atoms with Crippen LogP contribution in [0, 0.1) is 12.7 Å². The Kier molecular flexibility index (Phi) is 2.76. The third kappa shape index (κ3) is 2.03. The average molecular weight is 168 g/mol. The zero-order chi connectivity index (χ0) is 8.97.